The van der Waals surface area contributed by atoms with Crippen molar-refractivity contribution in [3.63, 3.8) is 0 Å². The summed E-state index contributed by atoms with van der Waals surface area (Å²) in [5.41, 5.74) is 5.69. The van der Waals surface area contributed by atoms with E-state index in [1.54, 1.807) is 0 Å². The van der Waals surface area contributed by atoms with E-state index in [4.69, 9.17) is 22.7 Å². The molecule has 90 valence electrons. The monoisotopic (exact) mass is 242 g/mol. The van der Waals surface area contributed by atoms with E-state index in [0.29, 0.717) is 11.6 Å². The van der Waals surface area contributed by atoms with E-state index >= 15 is 0 Å². The summed E-state index contributed by atoms with van der Waals surface area (Å²) in [7, 11) is 0. The van der Waals surface area contributed by atoms with Crippen molar-refractivity contribution in [2.24, 2.45) is 5.73 Å². The molecular formula is C11H18N2O2S. The molecule has 2 fully saturated rings. The molecule has 0 aromatic rings. The van der Waals surface area contributed by atoms with Gasteiger partial charge in [0.25, 0.3) is 5.91 Å². The lowest BCUT2D eigenvalue weighted by Gasteiger charge is -2.36. The third-order valence-electron chi connectivity index (χ3n) is 3.32. The molecule has 0 radical (unpaired) electrons. The smallest absolute Gasteiger partial charge is 0.252 e. The predicted molar refractivity (Wildman–Crippen MR) is 65.1 cm³/mol. The van der Waals surface area contributed by atoms with Crippen LogP contribution in [0.5, 0.6) is 0 Å². The average Bonchev–Trinajstić information content (AvgIpc) is 2.81. The highest BCUT2D eigenvalue weighted by Crippen LogP contribution is 2.22. The van der Waals surface area contributed by atoms with Crippen molar-refractivity contribution >= 4 is 23.1 Å². The molecule has 2 rings (SSSR count). The predicted octanol–water partition coefficient (Wildman–Crippen LogP) is 0.833. The topological polar surface area (TPSA) is 55.6 Å². The van der Waals surface area contributed by atoms with Crippen LogP contribution in [0.15, 0.2) is 0 Å². The Labute approximate surface area is 101 Å². The van der Waals surface area contributed by atoms with Gasteiger partial charge in [-0.1, -0.05) is 12.2 Å². The van der Waals surface area contributed by atoms with Crippen LogP contribution in [0.3, 0.4) is 0 Å². The fraction of sp³-hybridized carbons (Fsp3) is 0.818. The third-order valence-corrected chi connectivity index (χ3v) is 3.59. The minimum Gasteiger partial charge on any atom is -0.392 e. The number of amides is 1. The average molecular weight is 242 g/mol. The lowest BCUT2D eigenvalue weighted by Crippen LogP contribution is -2.52. The SMILES string of the molecule is NC(=S)C1CCCCN1C(=O)C1CCCO1. The molecule has 0 aliphatic carbocycles. The number of rotatable bonds is 2. The maximum atomic E-state index is 12.2. The van der Waals surface area contributed by atoms with Gasteiger partial charge >= 0.3 is 0 Å². The van der Waals surface area contributed by atoms with Gasteiger partial charge in [0, 0.05) is 13.2 Å². The number of nitrogens with zero attached hydrogens (tertiary/aromatic N) is 1. The summed E-state index contributed by atoms with van der Waals surface area (Å²) in [6.45, 7) is 1.46. The number of carbonyl (C=O) groups excluding carboxylic acids is 1. The Hall–Kier alpha value is -0.680. The summed E-state index contributed by atoms with van der Waals surface area (Å²) in [6.07, 6.45) is 4.58. The maximum Gasteiger partial charge on any atom is 0.252 e. The molecule has 2 N–H and O–H groups in total. The highest BCUT2D eigenvalue weighted by atomic mass is 32.1. The molecule has 2 atom stereocenters. The van der Waals surface area contributed by atoms with Gasteiger partial charge in [-0.25, -0.2) is 0 Å². The molecule has 4 nitrogen and oxygen atoms in total. The molecule has 5 heteroatoms. The Morgan fingerprint density at radius 1 is 1.31 bits per heavy atom. The molecule has 0 aromatic carbocycles. The van der Waals surface area contributed by atoms with E-state index in [-0.39, 0.29) is 18.1 Å². The Kier molecular flexibility index (Phi) is 3.76. The number of hydrogen-bond donors (Lipinski definition) is 1. The van der Waals surface area contributed by atoms with Crippen LogP contribution in [0.1, 0.15) is 32.1 Å². The molecule has 2 aliphatic rings. The van der Waals surface area contributed by atoms with Crippen molar-refractivity contribution in [1.29, 1.82) is 0 Å². The van der Waals surface area contributed by atoms with Crippen LogP contribution in [0, 0.1) is 0 Å². The zero-order chi connectivity index (χ0) is 11.5. The molecule has 0 aromatic heterocycles. The Balaban J connectivity index is 2.04. The minimum absolute atomic E-state index is 0.0551. The second kappa shape index (κ2) is 5.10. The van der Waals surface area contributed by atoms with Gasteiger partial charge in [0.15, 0.2) is 0 Å². The van der Waals surface area contributed by atoms with E-state index in [0.717, 1.165) is 38.6 Å². The van der Waals surface area contributed by atoms with Crippen molar-refractivity contribution in [1.82, 2.24) is 4.90 Å². The summed E-state index contributed by atoms with van der Waals surface area (Å²) >= 11 is 5.03. The van der Waals surface area contributed by atoms with E-state index < -0.39 is 0 Å². The first kappa shape index (κ1) is 11.8. The van der Waals surface area contributed by atoms with Crippen molar-refractivity contribution in [2.75, 3.05) is 13.2 Å². The number of carbonyl (C=O) groups is 1. The summed E-state index contributed by atoms with van der Waals surface area (Å²) in [5, 5.41) is 0. The van der Waals surface area contributed by atoms with Crippen LogP contribution >= 0.6 is 12.2 Å². The number of likely N-dealkylation sites (tertiary alicyclic amines) is 1. The second-order valence-electron chi connectivity index (χ2n) is 4.45. The molecule has 0 bridgehead atoms. The fourth-order valence-corrected chi connectivity index (χ4v) is 2.69. The largest absolute Gasteiger partial charge is 0.392 e. The third kappa shape index (κ3) is 2.35. The highest BCUT2D eigenvalue weighted by molar-refractivity contribution is 7.80. The number of piperidine rings is 1. The zero-order valence-electron chi connectivity index (χ0n) is 9.35. The van der Waals surface area contributed by atoms with Crippen LogP contribution in [0.2, 0.25) is 0 Å². The van der Waals surface area contributed by atoms with Crippen LogP contribution in [0.25, 0.3) is 0 Å². The van der Waals surface area contributed by atoms with Crippen molar-refractivity contribution in [3.8, 4) is 0 Å². The first-order valence-electron chi connectivity index (χ1n) is 5.91. The van der Waals surface area contributed by atoms with Gasteiger partial charge in [0.1, 0.15) is 6.10 Å². The van der Waals surface area contributed by atoms with E-state index in [1.165, 1.54) is 0 Å². The lowest BCUT2D eigenvalue weighted by molar-refractivity contribution is -0.143. The first-order chi connectivity index (χ1) is 7.70. The van der Waals surface area contributed by atoms with Crippen LogP contribution in [-0.4, -0.2) is 41.1 Å². The molecule has 2 saturated heterocycles. The Bertz CT molecular complexity index is 290. The van der Waals surface area contributed by atoms with Crippen LogP contribution < -0.4 is 5.73 Å². The van der Waals surface area contributed by atoms with E-state index in [1.807, 2.05) is 4.90 Å². The fourth-order valence-electron chi connectivity index (χ4n) is 2.45. The standard InChI is InChI=1S/C11H18N2O2S/c12-10(16)8-4-1-2-6-13(8)11(14)9-5-3-7-15-9/h8-9H,1-7H2,(H2,12,16). The van der Waals surface area contributed by atoms with Crippen LogP contribution in [0.4, 0.5) is 0 Å². The zero-order valence-corrected chi connectivity index (χ0v) is 10.2. The lowest BCUT2D eigenvalue weighted by atomic mass is 10.0. The van der Waals surface area contributed by atoms with Gasteiger partial charge in [0.05, 0.1) is 11.0 Å². The van der Waals surface area contributed by atoms with Gasteiger partial charge in [0.2, 0.25) is 0 Å². The molecule has 2 aliphatic heterocycles. The second-order valence-corrected chi connectivity index (χ2v) is 4.92. The van der Waals surface area contributed by atoms with Gasteiger partial charge in [-0.2, -0.15) is 0 Å². The number of thiocarbonyl (C=S) groups is 1. The van der Waals surface area contributed by atoms with Gasteiger partial charge < -0.3 is 15.4 Å². The normalized spacial score (nSPS) is 30.4. The summed E-state index contributed by atoms with van der Waals surface area (Å²) < 4.78 is 5.42. The van der Waals surface area contributed by atoms with Crippen molar-refractivity contribution in [2.45, 2.75) is 44.2 Å². The van der Waals surface area contributed by atoms with Gasteiger partial charge in [-0.05, 0) is 32.1 Å². The van der Waals surface area contributed by atoms with E-state index in [9.17, 15) is 4.79 Å². The Morgan fingerprint density at radius 3 is 2.75 bits per heavy atom. The minimum atomic E-state index is -0.255. The molecule has 2 unspecified atom stereocenters. The number of ether oxygens (including phenoxy) is 1. The summed E-state index contributed by atoms with van der Waals surface area (Å²) in [6, 6.07) is -0.0551. The van der Waals surface area contributed by atoms with Crippen molar-refractivity contribution in [3.05, 3.63) is 0 Å². The number of nitrogens with two attached hydrogens (primary N) is 1. The van der Waals surface area contributed by atoms with E-state index in [2.05, 4.69) is 0 Å². The molecular weight excluding hydrogens is 224 g/mol. The highest BCUT2D eigenvalue weighted by Gasteiger charge is 2.34. The van der Waals surface area contributed by atoms with Gasteiger partial charge in [-0.3, -0.25) is 4.79 Å². The van der Waals surface area contributed by atoms with Gasteiger partial charge in [-0.15, -0.1) is 0 Å². The molecule has 2 heterocycles. The number of hydrogen-bond acceptors (Lipinski definition) is 3. The maximum absolute atomic E-state index is 12.2. The van der Waals surface area contributed by atoms with Crippen molar-refractivity contribution < 1.29 is 9.53 Å². The molecule has 0 spiro atoms. The summed E-state index contributed by atoms with van der Waals surface area (Å²) in [5.74, 6) is 0.0787. The molecule has 1 amide bonds. The molecule has 0 saturated carbocycles. The summed E-state index contributed by atoms with van der Waals surface area (Å²) in [4.78, 5) is 14.5. The Morgan fingerprint density at radius 2 is 2.12 bits per heavy atom. The quantitative estimate of drug-likeness (QED) is 0.729. The first-order valence-corrected chi connectivity index (χ1v) is 6.32. The van der Waals surface area contributed by atoms with Crippen LogP contribution in [-0.2, 0) is 9.53 Å². The molecule has 16 heavy (non-hydrogen) atoms.